The van der Waals surface area contributed by atoms with Crippen LogP contribution in [0, 0.1) is 80.8 Å². The number of hydrogen-bond donors (Lipinski definition) is 4. The third-order valence-electron chi connectivity index (χ3n) is 21.1. The summed E-state index contributed by atoms with van der Waals surface area (Å²) in [6.07, 6.45) is 10.8. The van der Waals surface area contributed by atoms with Crippen LogP contribution < -0.4 is 5.32 Å². The van der Waals surface area contributed by atoms with Gasteiger partial charge in [0.2, 0.25) is 0 Å². The van der Waals surface area contributed by atoms with Gasteiger partial charge in [-0.05, 0) is 130 Å². The largest absolute Gasteiger partial charge is 0.469 e. The van der Waals surface area contributed by atoms with E-state index in [1.54, 1.807) is 6.26 Å². The molecular formula is C52H72N2O11. The summed E-state index contributed by atoms with van der Waals surface area (Å²) >= 11 is 0. The minimum atomic E-state index is -1.47. The monoisotopic (exact) mass is 901 g/mol. The van der Waals surface area contributed by atoms with E-state index in [0.717, 1.165) is 64.6 Å². The number of Topliss-reactive ketones (excluding diaryl/α,β-unsaturated/α-hetero) is 1. The number of ketones is 1. The maximum absolute atomic E-state index is 15.3. The molecule has 5 saturated carbocycles. The average molecular weight is 901 g/mol. The SMILES string of the molecule is CC(C)CC[C@@H]1CC[C@@]2(C1)C[C@@H]1C[C@@]3(C)[C@H](c4ccoc4C[C@@H]([C@H]4CC[C@@H]5[C@H](C=CN6CNC[C@@H]56)C4)[C@H](O)CO)OC(=O)[C@H]4O[C@]43[C@]3(C)[C@H](O)C(=O)[C@@H]4C(C)(C)O[C@H]5[C@@H]2C(=O)OC[C@@]45[C@@H]13. The normalized spacial score (nSPS) is 50.5. The van der Waals surface area contributed by atoms with Gasteiger partial charge in [-0.25, -0.2) is 4.79 Å². The predicted molar refractivity (Wildman–Crippen MR) is 234 cm³/mol. The van der Waals surface area contributed by atoms with Crippen molar-refractivity contribution in [3.8, 4) is 0 Å². The molecule has 0 radical (unpaired) electrons. The van der Waals surface area contributed by atoms with E-state index >= 15 is 4.79 Å². The molecule has 13 nitrogen and oxygen atoms in total. The Hall–Kier alpha value is -2.81. The zero-order chi connectivity index (χ0) is 45.4. The first-order valence-corrected chi connectivity index (χ1v) is 25.4. The average Bonchev–Trinajstić information content (AvgIpc) is 3.58. The minimum absolute atomic E-state index is 0.0311. The first-order chi connectivity index (χ1) is 31.0. The lowest BCUT2D eigenvalue weighted by atomic mass is 9.34. The molecule has 12 rings (SSSR count). The van der Waals surface area contributed by atoms with E-state index in [0.29, 0.717) is 60.3 Å². The summed E-state index contributed by atoms with van der Waals surface area (Å²) < 4.78 is 33.5. The Morgan fingerprint density at radius 1 is 1.00 bits per heavy atom. The van der Waals surface area contributed by atoms with Gasteiger partial charge in [-0.1, -0.05) is 46.6 Å². The third kappa shape index (κ3) is 5.51. The number of rotatable bonds is 9. The number of carbonyl (C=O) groups is 3. The van der Waals surface area contributed by atoms with Gasteiger partial charge < -0.3 is 43.6 Å². The van der Waals surface area contributed by atoms with E-state index < -0.39 is 81.2 Å². The van der Waals surface area contributed by atoms with Gasteiger partial charge >= 0.3 is 11.9 Å². The van der Waals surface area contributed by atoms with E-state index in [1.165, 1.54) is 0 Å². The van der Waals surface area contributed by atoms with Gasteiger partial charge in [0, 0.05) is 40.8 Å². The van der Waals surface area contributed by atoms with Crippen LogP contribution in [-0.2, 0) is 39.8 Å². The van der Waals surface area contributed by atoms with Crippen LogP contribution in [0.2, 0.25) is 0 Å². The molecule has 2 bridgehead atoms. The van der Waals surface area contributed by atoms with Crippen molar-refractivity contribution in [2.75, 3.05) is 26.4 Å². The zero-order valence-electron chi connectivity index (χ0n) is 39.2. The summed E-state index contributed by atoms with van der Waals surface area (Å²) in [4.78, 5) is 46.8. The van der Waals surface area contributed by atoms with Gasteiger partial charge in [-0.15, -0.1) is 0 Å². The number of hydrogen-bond acceptors (Lipinski definition) is 13. The summed E-state index contributed by atoms with van der Waals surface area (Å²) in [5, 5.41) is 38.6. The fraction of sp³-hybridized carbons (Fsp3) is 0.827. The van der Waals surface area contributed by atoms with Crippen LogP contribution >= 0.6 is 0 Å². The van der Waals surface area contributed by atoms with Crippen molar-refractivity contribution in [3.05, 3.63) is 35.9 Å². The van der Waals surface area contributed by atoms with Crippen LogP contribution in [0.4, 0.5) is 0 Å². The number of aliphatic hydroxyl groups is 3. The van der Waals surface area contributed by atoms with Crippen molar-refractivity contribution >= 4 is 17.7 Å². The number of aliphatic hydroxyl groups excluding tert-OH is 3. The highest BCUT2D eigenvalue weighted by Gasteiger charge is 2.93. The second-order valence-corrected chi connectivity index (χ2v) is 24.8. The van der Waals surface area contributed by atoms with Crippen LogP contribution in [-0.4, -0.2) is 106 Å². The van der Waals surface area contributed by atoms with Crippen LogP contribution in [0.3, 0.4) is 0 Å². The molecular weight excluding hydrogens is 829 g/mol. The molecule has 0 aromatic carbocycles. The van der Waals surface area contributed by atoms with Crippen LogP contribution in [0.15, 0.2) is 29.0 Å². The summed E-state index contributed by atoms with van der Waals surface area (Å²) in [7, 11) is 0. The first-order valence-electron chi connectivity index (χ1n) is 25.4. The minimum Gasteiger partial charge on any atom is -0.469 e. The Labute approximate surface area is 383 Å². The molecule has 10 fully saturated rings. The van der Waals surface area contributed by atoms with E-state index in [1.807, 2.05) is 26.8 Å². The molecule has 20 atom stereocenters. The molecule has 4 N–H and O–H groups in total. The zero-order valence-corrected chi connectivity index (χ0v) is 39.2. The van der Waals surface area contributed by atoms with Gasteiger partial charge in [0.05, 0.1) is 49.2 Å². The fourth-order valence-electron chi connectivity index (χ4n) is 18.9. The van der Waals surface area contributed by atoms with Crippen molar-refractivity contribution in [1.29, 1.82) is 0 Å². The Kier molecular flexibility index (Phi) is 9.61. The Morgan fingerprint density at radius 3 is 2.60 bits per heavy atom. The van der Waals surface area contributed by atoms with Gasteiger partial charge in [0.25, 0.3) is 0 Å². The molecule has 1 aromatic heterocycles. The number of carbonyl (C=O) groups excluding carboxylic acids is 3. The fourth-order valence-corrected chi connectivity index (χ4v) is 18.9. The van der Waals surface area contributed by atoms with Crippen molar-refractivity contribution < 1.29 is 53.1 Å². The number of esters is 2. The smallest absolute Gasteiger partial charge is 0.339 e. The molecule has 13 heteroatoms. The van der Waals surface area contributed by atoms with Gasteiger partial charge in [0.15, 0.2) is 11.9 Å². The number of allylic oxidation sites excluding steroid dienone is 1. The van der Waals surface area contributed by atoms with Crippen molar-refractivity contribution in [1.82, 2.24) is 10.2 Å². The maximum atomic E-state index is 15.3. The van der Waals surface area contributed by atoms with Crippen molar-refractivity contribution in [2.45, 2.75) is 160 Å². The highest BCUT2D eigenvalue weighted by atomic mass is 16.7. The summed E-state index contributed by atoms with van der Waals surface area (Å²) in [6, 6.07) is 2.36. The van der Waals surface area contributed by atoms with E-state index in [2.05, 4.69) is 43.3 Å². The second-order valence-electron chi connectivity index (χ2n) is 24.8. The summed E-state index contributed by atoms with van der Waals surface area (Å²) in [5.74, 6) is -0.437. The second kappa shape index (κ2) is 14.4. The highest BCUT2D eigenvalue weighted by Crippen LogP contribution is 2.84. The molecule has 0 amide bonds. The molecule has 11 aliphatic rings. The quantitative estimate of drug-likeness (QED) is 0.181. The number of nitrogens with one attached hydrogen (secondary N) is 1. The Morgan fingerprint density at radius 2 is 1.82 bits per heavy atom. The number of cyclic esters (lactones) is 2. The lowest BCUT2D eigenvalue weighted by molar-refractivity contribution is -0.266. The lowest BCUT2D eigenvalue weighted by Gasteiger charge is -2.68. The van der Waals surface area contributed by atoms with Crippen LogP contribution in [0.1, 0.15) is 123 Å². The summed E-state index contributed by atoms with van der Waals surface area (Å²) in [5.41, 5.74) is -5.11. The van der Waals surface area contributed by atoms with Gasteiger partial charge in [-0.2, -0.15) is 0 Å². The number of epoxide rings is 1. The van der Waals surface area contributed by atoms with E-state index in [-0.39, 0.29) is 48.6 Å². The van der Waals surface area contributed by atoms with Crippen molar-refractivity contribution in [3.63, 3.8) is 0 Å². The first kappa shape index (κ1) is 43.5. The number of ether oxygens (including phenoxy) is 4. The molecule has 7 heterocycles. The molecule has 1 aromatic rings. The van der Waals surface area contributed by atoms with Crippen LogP contribution in [0.5, 0.6) is 0 Å². The predicted octanol–water partition coefficient (Wildman–Crippen LogP) is 5.49. The van der Waals surface area contributed by atoms with E-state index in [9.17, 15) is 24.9 Å². The molecule has 5 aliphatic carbocycles. The molecule has 3 spiro atoms. The number of nitrogens with zero attached hydrogens (tertiary/aromatic N) is 1. The molecule has 5 saturated heterocycles. The number of furan rings is 1. The molecule has 6 aliphatic heterocycles. The van der Waals surface area contributed by atoms with Crippen LogP contribution in [0.25, 0.3) is 0 Å². The third-order valence-corrected chi connectivity index (χ3v) is 21.1. The topological polar surface area (TPSA) is 181 Å². The van der Waals surface area contributed by atoms with Gasteiger partial charge in [0.1, 0.15) is 30.2 Å². The van der Waals surface area contributed by atoms with Crippen molar-refractivity contribution in [2.24, 2.45) is 80.8 Å². The highest BCUT2D eigenvalue weighted by molar-refractivity contribution is 5.92. The molecule has 65 heavy (non-hydrogen) atoms. The molecule has 0 unspecified atom stereocenters. The Bertz CT molecular complexity index is 2170. The maximum Gasteiger partial charge on any atom is 0.339 e. The lowest BCUT2D eigenvalue weighted by Crippen LogP contribution is -2.77. The Balaban J connectivity index is 0.947. The number of fused-ring (bicyclic) bond motifs is 4. The molecule has 356 valence electrons. The standard InChI is InChI=1S/C52H72N2O11/c1-26(2)7-8-27-11-14-50(19-27)21-30-20-48(5)42(32-13-16-61-36(32)18-33(35(56)23-55)28-9-10-31-29(17-28)12-15-54-25-53-22-34(31)54)63-46(60)44-52(48,65-44)49(6)39(30)51-24-62-45(59)37(50)43(51)64-47(3,4)40(51)38(57)41(49)58/h12-13,15-16,26-31,33-35,37,39-44,53,55-56,58H,7-11,14,17-25H2,1-6H3/t27-,28+,29-,30+,31-,33+,34+,35-,37-,39+,40-,41-,42+,43+,44-,48+,49+,50-,51-,52-/m1/s1. The van der Waals surface area contributed by atoms with E-state index in [4.69, 9.17) is 23.4 Å². The summed E-state index contributed by atoms with van der Waals surface area (Å²) in [6.45, 7) is 14.1. The van der Waals surface area contributed by atoms with Gasteiger partial charge in [-0.3, -0.25) is 14.9 Å².